The Bertz CT molecular complexity index is 760. The largest absolute Gasteiger partial charge is 0.325 e. The standard InChI is InChI=1S/C17H19ClN4O2S2/c18-12-6-8-13(9-7-12)19-14(23)10-25-17-22-21-16(26-17)20-15(24)11-4-2-1-3-5-11/h6-9,11H,1-5,10H2,(H,19,23)(H,20,21,24). The van der Waals surface area contributed by atoms with E-state index in [4.69, 9.17) is 11.6 Å². The van der Waals surface area contributed by atoms with E-state index >= 15 is 0 Å². The minimum absolute atomic E-state index is 0.0258. The van der Waals surface area contributed by atoms with E-state index in [-0.39, 0.29) is 23.5 Å². The third-order valence-electron chi connectivity index (χ3n) is 4.07. The van der Waals surface area contributed by atoms with Crippen molar-refractivity contribution >= 4 is 57.3 Å². The van der Waals surface area contributed by atoms with E-state index in [1.807, 2.05) is 0 Å². The quantitative estimate of drug-likeness (QED) is 0.543. The molecule has 1 fully saturated rings. The molecule has 1 aromatic carbocycles. The summed E-state index contributed by atoms with van der Waals surface area (Å²) in [5.74, 6) is 0.181. The Morgan fingerprint density at radius 1 is 1.12 bits per heavy atom. The van der Waals surface area contributed by atoms with Gasteiger partial charge in [-0.1, -0.05) is 54.0 Å². The summed E-state index contributed by atoms with van der Waals surface area (Å²) in [4.78, 5) is 24.2. The highest BCUT2D eigenvalue weighted by molar-refractivity contribution is 8.01. The highest BCUT2D eigenvalue weighted by Gasteiger charge is 2.22. The van der Waals surface area contributed by atoms with Crippen molar-refractivity contribution < 1.29 is 9.59 Å². The van der Waals surface area contributed by atoms with E-state index in [2.05, 4.69) is 20.8 Å². The Morgan fingerprint density at radius 3 is 2.58 bits per heavy atom. The van der Waals surface area contributed by atoms with Crippen molar-refractivity contribution in [1.29, 1.82) is 0 Å². The number of benzene rings is 1. The lowest BCUT2D eigenvalue weighted by atomic mass is 9.89. The molecule has 2 amide bonds. The monoisotopic (exact) mass is 410 g/mol. The van der Waals surface area contributed by atoms with Crippen LogP contribution in [0.3, 0.4) is 0 Å². The van der Waals surface area contributed by atoms with Crippen LogP contribution in [0.25, 0.3) is 0 Å². The number of halogens is 1. The molecule has 0 aliphatic heterocycles. The van der Waals surface area contributed by atoms with Gasteiger partial charge in [0.15, 0.2) is 4.34 Å². The van der Waals surface area contributed by atoms with Gasteiger partial charge in [0.05, 0.1) is 5.75 Å². The molecule has 0 radical (unpaired) electrons. The molecule has 1 saturated carbocycles. The predicted octanol–water partition coefficient (Wildman–Crippen LogP) is 4.44. The van der Waals surface area contributed by atoms with E-state index in [0.717, 1.165) is 25.7 Å². The summed E-state index contributed by atoms with van der Waals surface area (Å²) in [6.45, 7) is 0. The Labute approximate surface area is 165 Å². The lowest BCUT2D eigenvalue weighted by Crippen LogP contribution is -2.24. The van der Waals surface area contributed by atoms with Gasteiger partial charge in [0, 0.05) is 16.6 Å². The third kappa shape index (κ3) is 5.69. The Hall–Kier alpha value is -1.64. The number of anilines is 2. The zero-order valence-corrected chi connectivity index (χ0v) is 16.4. The first-order chi connectivity index (χ1) is 12.6. The van der Waals surface area contributed by atoms with Crippen LogP contribution >= 0.6 is 34.7 Å². The number of rotatable bonds is 6. The normalized spacial score (nSPS) is 14.8. The van der Waals surface area contributed by atoms with Crippen molar-refractivity contribution in [3.05, 3.63) is 29.3 Å². The first kappa shape index (κ1) is 19.1. The number of carbonyl (C=O) groups excluding carboxylic acids is 2. The van der Waals surface area contributed by atoms with Crippen molar-refractivity contribution in [2.75, 3.05) is 16.4 Å². The molecule has 0 spiro atoms. The highest BCUT2D eigenvalue weighted by atomic mass is 35.5. The van der Waals surface area contributed by atoms with Crippen LogP contribution < -0.4 is 10.6 Å². The minimum atomic E-state index is -0.139. The second kappa shape index (κ2) is 9.34. The number of nitrogens with one attached hydrogen (secondary N) is 2. The van der Waals surface area contributed by atoms with E-state index in [9.17, 15) is 9.59 Å². The molecular formula is C17H19ClN4O2S2. The summed E-state index contributed by atoms with van der Waals surface area (Å²) in [7, 11) is 0. The molecule has 3 rings (SSSR count). The fourth-order valence-electron chi connectivity index (χ4n) is 2.75. The van der Waals surface area contributed by atoms with Crippen molar-refractivity contribution in [2.45, 2.75) is 36.4 Å². The van der Waals surface area contributed by atoms with E-state index in [1.165, 1.54) is 29.5 Å². The summed E-state index contributed by atoms with van der Waals surface area (Å²) in [6.07, 6.45) is 5.31. The molecule has 2 N–H and O–H groups in total. The molecule has 1 heterocycles. The SMILES string of the molecule is O=C(CSc1nnc(NC(=O)C2CCCCC2)s1)Nc1ccc(Cl)cc1. The van der Waals surface area contributed by atoms with Gasteiger partial charge in [-0.15, -0.1) is 10.2 Å². The maximum absolute atomic E-state index is 12.2. The first-order valence-corrected chi connectivity index (χ1v) is 10.6. The average molecular weight is 411 g/mol. The van der Waals surface area contributed by atoms with Gasteiger partial charge in [-0.2, -0.15) is 0 Å². The van der Waals surface area contributed by atoms with Crippen LogP contribution in [-0.4, -0.2) is 27.8 Å². The number of nitrogens with zero attached hydrogens (tertiary/aromatic N) is 2. The topological polar surface area (TPSA) is 84.0 Å². The van der Waals surface area contributed by atoms with Crippen molar-refractivity contribution in [1.82, 2.24) is 10.2 Å². The molecule has 1 aliphatic carbocycles. The molecule has 0 atom stereocenters. The zero-order valence-electron chi connectivity index (χ0n) is 14.0. The summed E-state index contributed by atoms with van der Waals surface area (Å²) < 4.78 is 0.648. The molecule has 6 nitrogen and oxygen atoms in total. The summed E-state index contributed by atoms with van der Waals surface area (Å²) in [5, 5.41) is 14.8. The lowest BCUT2D eigenvalue weighted by Gasteiger charge is -2.19. The van der Waals surface area contributed by atoms with Crippen molar-refractivity contribution in [3.63, 3.8) is 0 Å². The van der Waals surface area contributed by atoms with Gasteiger partial charge in [-0.25, -0.2) is 0 Å². The van der Waals surface area contributed by atoms with Crippen LogP contribution in [0.2, 0.25) is 5.02 Å². The van der Waals surface area contributed by atoms with Gasteiger partial charge in [0.1, 0.15) is 0 Å². The van der Waals surface area contributed by atoms with Gasteiger partial charge in [0.25, 0.3) is 0 Å². The molecular weight excluding hydrogens is 392 g/mol. The van der Waals surface area contributed by atoms with E-state index in [0.29, 0.717) is 20.2 Å². The van der Waals surface area contributed by atoms with Crippen LogP contribution in [0.5, 0.6) is 0 Å². The number of hydrogen-bond acceptors (Lipinski definition) is 6. The van der Waals surface area contributed by atoms with Gasteiger partial charge in [0.2, 0.25) is 16.9 Å². The summed E-state index contributed by atoms with van der Waals surface area (Å²) in [5.41, 5.74) is 0.692. The molecule has 0 saturated heterocycles. The van der Waals surface area contributed by atoms with Crippen molar-refractivity contribution in [3.8, 4) is 0 Å². The summed E-state index contributed by atoms with van der Waals surface area (Å²) in [6, 6.07) is 6.93. The van der Waals surface area contributed by atoms with Gasteiger partial charge in [-0.3, -0.25) is 9.59 Å². The van der Waals surface area contributed by atoms with Crippen LogP contribution in [0.1, 0.15) is 32.1 Å². The smallest absolute Gasteiger partial charge is 0.234 e. The zero-order chi connectivity index (χ0) is 18.4. The summed E-state index contributed by atoms with van der Waals surface area (Å²) >= 11 is 8.39. The van der Waals surface area contributed by atoms with Crippen LogP contribution in [0, 0.1) is 5.92 Å². The van der Waals surface area contributed by atoms with Crippen LogP contribution in [0.4, 0.5) is 10.8 Å². The predicted molar refractivity (Wildman–Crippen MR) is 106 cm³/mol. The Morgan fingerprint density at radius 2 is 1.85 bits per heavy atom. The fourth-order valence-corrected chi connectivity index (χ4v) is 4.43. The molecule has 26 heavy (non-hydrogen) atoms. The van der Waals surface area contributed by atoms with Gasteiger partial charge >= 0.3 is 0 Å². The van der Waals surface area contributed by atoms with Crippen LogP contribution in [0.15, 0.2) is 28.6 Å². The molecule has 0 bridgehead atoms. The molecule has 9 heteroatoms. The van der Waals surface area contributed by atoms with Gasteiger partial charge < -0.3 is 10.6 Å². The lowest BCUT2D eigenvalue weighted by molar-refractivity contribution is -0.120. The number of hydrogen-bond donors (Lipinski definition) is 2. The third-order valence-corrected chi connectivity index (χ3v) is 6.29. The molecule has 1 aromatic heterocycles. The number of aromatic nitrogens is 2. The second-order valence-corrected chi connectivity index (χ2v) is 8.68. The maximum atomic E-state index is 12.2. The highest BCUT2D eigenvalue weighted by Crippen LogP contribution is 2.28. The van der Waals surface area contributed by atoms with Gasteiger partial charge in [-0.05, 0) is 37.1 Å². The molecule has 1 aliphatic rings. The maximum Gasteiger partial charge on any atom is 0.234 e. The molecule has 0 unspecified atom stereocenters. The van der Waals surface area contributed by atoms with E-state index in [1.54, 1.807) is 24.3 Å². The molecule has 138 valence electrons. The Kier molecular flexibility index (Phi) is 6.87. The number of amides is 2. The first-order valence-electron chi connectivity index (χ1n) is 8.43. The number of thioether (sulfide) groups is 1. The Balaban J connectivity index is 1.45. The average Bonchev–Trinajstić information content (AvgIpc) is 3.10. The van der Waals surface area contributed by atoms with E-state index < -0.39 is 0 Å². The van der Waals surface area contributed by atoms with Crippen molar-refractivity contribution in [2.24, 2.45) is 5.92 Å². The molecule has 2 aromatic rings. The van der Waals surface area contributed by atoms with Crippen LogP contribution in [-0.2, 0) is 9.59 Å². The minimum Gasteiger partial charge on any atom is -0.325 e. The number of carbonyl (C=O) groups is 2. The fraction of sp³-hybridized carbons (Fsp3) is 0.412. The second-order valence-electron chi connectivity index (χ2n) is 6.04.